The minimum Gasteiger partial charge on any atom is -0.341 e. The Morgan fingerprint density at radius 2 is 1.77 bits per heavy atom. The number of para-hydroxylation sites is 1. The maximum Gasteiger partial charge on any atom is 0.234 e. The van der Waals surface area contributed by atoms with Crippen molar-refractivity contribution in [3.63, 3.8) is 0 Å². The standard InChI is InChI=1S/C23H26ClN5OS/c1-15-12-16(2)21(17(3)13-15)25-20(30)14-31-23-27-26-22(28-10-6-7-11-28)29(23)19-9-5-4-8-18(19)24/h4-5,8-9,12-13H,6-7,10-11,14H2,1-3H3,(H,25,30). The molecule has 6 nitrogen and oxygen atoms in total. The second kappa shape index (κ2) is 9.32. The number of nitrogens with zero attached hydrogens (tertiary/aromatic N) is 4. The van der Waals surface area contributed by atoms with Crippen LogP contribution in [-0.2, 0) is 4.79 Å². The fourth-order valence-electron chi connectivity index (χ4n) is 4.00. The van der Waals surface area contributed by atoms with E-state index in [1.165, 1.54) is 17.3 Å². The zero-order chi connectivity index (χ0) is 22.0. The van der Waals surface area contributed by atoms with Gasteiger partial charge < -0.3 is 10.2 Å². The van der Waals surface area contributed by atoms with E-state index < -0.39 is 0 Å². The van der Waals surface area contributed by atoms with Crippen molar-refractivity contribution in [2.24, 2.45) is 0 Å². The van der Waals surface area contributed by atoms with Crippen LogP contribution in [0.1, 0.15) is 29.5 Å². The lowest BCUT2D eigenvalue weighted by Crippen LogP contribution is -2.22. The van der Waals surface area contributed by atoms with Crippen molar-refractivity contribution in [2.75, 3.05) is 29.1 Å². The van der Waals surface area contributed by atoms with Gasteiger partial charge in [-0.15, -0.1) is 10.2 Å². The number of thioether (sulfide) groups is 1. The molecule has 8 heteroatoms. The maximum atomic E-state index is 12.7. The lowest BCUT2D eigenvalue weighted by Gasteiger charge is -2.19. The molecule has 2 aromatic carbocycles. The van der Waals surface area contributed by atoms with Crippen molar-refractivity contribution < 1.29 is 4.79 Å². The molecular formula is C23H26ClN5OS. The number of hydrogen-bond acceptors (Lipinski definition) is 5. The van der Waals surface area contributed by atoms with Crippen LogP contribution in [0, 0.1) is 20.8 Å². The van der Waals surface area contributed by atoms with Crippen molar-refractivity contribution in [1.29, 1.82) is 0 Å². The van der Waals surface area contributed by atoms with Gasteiger partial charge in [-0.05, 0) is 56.9 Å². The molecule has 1 fully saturated rings. The van der Waals surface area contributed by atoms with E-state index in [1.807, 2.05) is 42.7 Å². The highest BCUT2D eigenvalue weighted by molar-refractivity contribution is 7.99. The number of aromatic nitrogens is 3. The van der Waals surface area contributed by atoms with Gasteiger partial charge in [0.2, 0.25) is 11.9 Å². The highest BCUT2D eigenvalue weighted by Gasteiger charge is 2.24. The van der Waals surface area contributed by atoms with E-state index in [1.54, 1.807) is 0 Å². The van der Waals surface area contributed by atoms with Crippen LogP contribution in [0.5, 0.6) is 0 Å². The second-order valence-corrected chi connectivity index (χ2v) is 9.22. The van der Waals surface area contributed by atoms with Gasteiger partial charge in [0.15, 0.2) is 5.16 Å². The number of carbonyl (C=O) groups excluding carboxylic acids is 1. The minimum absolute atomic E-state index is 0.0727. The average molecular weight is 456 g/mol. The van der Waals surface area contributed by atoms with Gasteiger partial charge >= 0.3 is 0 Å². The number of hydrogen-bond donors (Lipinski definition) is 1. The van der Waals surface area contributed by atoms with E-state index in [0.717, 1.165) is 54.4 Å². The molecule has 0 spiro atoms. The molecule has 1 N–H and O–H groups in total. The summed E-state index contributed by atoms with van der Waals surface area (Å²) in [4.78, 5) is 14.9. The first-order chi connectivity index (χ1) is 14.9. The largest absolute Gasteiger partial charge is 0.341 e. The quantitative estimate of drug-likeness (QED) is 0.519. The molecule has 1 aliphatic rings. The summed E-state index contributed by atoms with van der Waals surface area (Å²) in [6.45, 7) is 7.97. The molecule has 1 aliphatic heterocycles. The molecule has 0 radical (unpaired) electrons. The first-order valence-electron chi connectivity index (χ1n) is 10.4. The Kier molecular flexibility index (Phi) is 6.53. The van der Waals surface area contributed by atoms with E-state index in [0.29, 0.717) is 10.2 Å². The Labute approximate surface area is 192 Å². The van der Waals surface area contributed by atoms with Gasteiger partial charge in [-0.3, -0.25) is 9.36 Å². The summed E-state index contributed by atoms with van der Waals surface area (Å²) in [7, 11) is 0. The van der Waals surface area contributed by atoms with Crippen molar-refractivity contribution in [3.05, 3.63) is 58.1 Å². The molecule has 1 saturated heterocycles. The summed E-state index contributed by atoms with van der Waals surface area (Å²) in [5.74, 6) is 0.935. The van der Waals surface area contributed by atoms with Crippen molar-refractivity contribution in [3.8, 4) is 5.69 Å². The number of aryl methyl sites for hydroxylation is 3. The topological polar surface area (TPSA) is 63.1 Å². The Morgan fingerprint density at radius 1 is 1.10 bits per heavy atom. The van der Waals surface area contributed by atoms with Crippen LogP contribution in [0.15, 0.2) is 41.6 Å². The summed E-state index contributed by atoms with van der Waals surface area (Å²) in [6, 6.07) is 11.8. The molecule has 3 aromatic rings. The maximum absolute atomic E-state index is 12.7. The van der Waals surface area contributed by atoms with E-state index in [-0.39, 0.29) is 11.7 Å². The van der Waals surface area contributed by atoms with Gasteiger partial charge in [-0.2, -0.15) is 0 Å². The molecule has 162 valence electrons. The molecule has 0 saturated carbocycles. The Bertz CT molecular complexity index is 1080. The molecule has 31 heavy (non-hydrogen) atoms. The Hall–Kier alpha value is -2.51. The highest BCUT2D eigenvalue weighted by atomic mass is 35.5. The monoisotopic (exact) mass is 455 g/mol. The van der Waals surface area contributed by atoms with Gasteiger partial charge in [0.1, 0.15) is 0 Å². The van der Waals surface area contributed by atoms with Crippen LogP contribution >= 0.6 is 23.4 Å². The normalized spacial score (nSPS) is 13.6. The highest BCUT2D eigenvalue weighted by Crippen LogP contribution is 2.32. The molecule has 1 aromatic heterocycles. The third kappa shape index (κ3) is 4.72. The fraction of sp³-hybridized carbons (Fsp3) is 0.348. The van der Waals surface area contributed by atoms with Gasteiger partial charge in [0, 0.05) is 18.8 Å². The predicted molar refractivity (Wildman–Crippen MR) is 128 cm³/mol. The number of rotatable bonds is 6. The van der Waals surface area contributed by atoms with Crippen LogP contribution < -0.4 is 10.2 Å². The third-order valence-corrected chi connectivity index (χ3v) is 6.62. The van der Waals surface area contributed by atoms with E-state index in [2.05, 4.69) is 39.5 Å². The van der Waals surface area contributed by atoms with Crippen LogP contribution in [-0.4, -0.2) is 39.5 Å². The summed E-state index contributed by atoms with van der Waals surface area (Å²) < 4.78 is 1.97. The lowest BCUT2D eigenvalue weighted by molar-refractivity contribution is -0.113. The number of amides is 1. The molecule has 4 rings (SSSR count). The first-order valence-corrected chi connectivity index (χ1v) is 11.8. The van der Waals surface area contributed by atoms with Gasteiger partial charge in [0.05, 0.1) is 16.5 Å². The van der Waals surface area contributed by atoms with Gasteiger partial charge in [-0.25, -0.2) is 0 Å². The third-order valence-electron chi connectivity index (χ3n) is 5.37. The molecule has 0 bridgehead atoms. The zero-order valence-corrected chi connectivity index (χ0v) is 19.6. The number of halogens is 1. The number of carbonyl (C=O) groups is 1. The summed E-state index contributed by atoms with van der Waals surface area (Å²) in [5, 5.41) is 13.2. The molecule has 0 atom stereocenters. The van der Waals surface area contributed by atoms with E-state index >= 15 is 0 Å². The average Bonchev–Trinajstić information content (AvgIpc) is 3.39. The Balaban J connectivity index is 1.56. The van der Waals surface area contributed by atoms with Crippen LogP contribution in [0.4, 0.5) is 11.6 Å². The van der Waals surface area contributed by atoms with Crippen molar-refractivity contribution in [2.45, 2.75) is 38.8 Å². The smallest absolute Gasteiger partial charge is 0.234 e. The second-order valence-electron chi connectivity index (χ2n) is 7.87. The molecular weight excluding hydrogens is 430 g/mol. The summed E-state index contributed by atoms with van der Waals surface area (Å²) in [5.41, 5.74) is 5.01. The number of benzene rings is 2. The van der Waals surface area contributed by atoms with Gasteiger partial charge in [-0.1, -0.05) is 53.2 Å². The Morgan fingerprint density at radius 3 is 2.45 bits per heavy atom. The van der Waals surface area contributed by atoms with Crippen LogP contribution in [0.25, 0.3) is 5.69 Å². The molecule has 1 amide bonds. The molecule has 2 heterocycles. The van der Waals surface area contributed by atoms with E-state index in [9.17, 15) is 4.79 Å². The number of nitrogens with one attached hydrogen (secondary N) is 1. The summed E-state index contributed by atoms with van der Waals surface area (Å²) in [6.07, 6.45) is 2.27. The van der Waals surface area contributed by atoms with Crippen molar-refractivity contribution in [1.82, 2.24) is 14.8 Å². The van der Waals surface area contributed by atoms with Crippen LogP contribution in [0.3, 0.4) is 0 Å². The lowest BCUT2D eigenvalue weighted by atomic mass is 10.1. The number of anilines is 2. The van der Waals surface area contributed by atoms with E-state index in [4.69, 9.17) is 11.6 Å². The summed E-state index contributed by atoms with van der Waals surface area (Å²) >= 11 is 7.86. The van der Waals surface area contributed by atoms with Crippen LogP contribution in [0.2, 0.25) is 5.02 Å². The van der Waals surface area contributed by atoms with Gasteiger partial charge in [0.25, 0.3) is 0 Å². The predicted octanol–water partition coefficient (Wildman–Crippen LogP) is 5.18. The molecule has 0 aliphatic carbocycles. The van der Waals surface area contributed by atoms with Crippen molar-refractivity contribution >= 4 is 40.9 Å². The zero-order valence-electron chi connectivity index (χ0n) is 18.0. The fourth-order valence-corrected chi connectivity index (χ4v) is 4.96. The SMILES string of the molecule is Cc1cc(C)c(NC(=O)CSc2nnc(N3CCCC3)n2-c2ccccc2Cl)c(C)c1. The minimum atomic E-state index is -0.0727. The first kappa shape index (κ1) is 21.7. The molecule has 0 unspecified atom stereocenters.